The Balaban J connectivity index is 1.64. The summed E-state index contributed by atoms with van der Waals surface area (Å²) in [7, 11) is 3.70. The molecular formula is C21H22FN5O3. The molecule has 9 heteroatoms. The Morgan fingerprint density at radius 2 is 2.00 bits per heavy atom. The Bertz CT molecular complexity index is 1010. The summed E-state index contributed by atoms with van der Waals surface area (Å²) in [5, 5.41) is 0. The minimum atomic E-state index is -0.590. The third-order valence-electron chi connectivity index (χ3n) is 4.13. The average Bonchev–Trinajstić information content (AvgIpc) is 2.75. The van der Waals surface area contributed by atoms with Crippen LogP contribution in [0.25, 0.3) is 11.3 Å². The Morgan fingerprint density at radius 3 is 2.70 bits per heavy atom. The summed E-state index contributed by atoms with van der Waals surface area (Å²) in [6, 6.07) is 8.16. The van der Waals surface area contributed by atoms with E-state index in [1.165, 1.54) is 18.5 Å². The first-order valence-corrected chi connectivity index (χ1v) is 9.27. The molecule has 2 aromatic heterocycles. The fourth-order valence-electron chi connectivity index (χ4n) is 2.56. The van der Waals surface area contributed by atoms with Crippen LogP contribution in [-0.2, 0) is 11.4 Å². The lowest BCUT2D eigenvalue weighted by molar-refractivity contribution is 0.0219. The summed E-state index contributed by atoms with van der Waals surface area (Å²) in [5.41, 5.74) is 4.63. The second-order valence-electron chi connectivity index (χ2n) is 6.50. The van der Waals surface area contributed by atoms with Crippen molar-refractivity contribution in [3.8, 4) is 17.1 Å². The molecule has 8 nitrogen and oxygen atoms in total. The highest BCUT2D eigenvalue weighted by Gasteiger charge is 2.12. The van der Waals surface area contributed by atoms with Crippen LogP contribution in [0.15, 0.2) is 48.9 Å². The van der Waals surface area contributed by atoms with Crippen LogP contribution in [-0.4, -0.2) is 41.6 Å². The number of hydrogen-bond donors (Lipinski definition) is 1. The lowest BCUT2D eigenvalue weighted by Crippen LogP contribution is -2.25. The van der Waals surface area contributed by atoms with E-state index in [1.807, 2.05) is 25.9 Å². The molecule has 30 heavy (non-hydrogen) atoms. The molecule has 2 heterocycles. The normalized spacial score (nSPS) is 10.5. The molecule has 3 rings (SSSR count). The third-order valence-corrected chi connectivity index (χ3v) is 4.13. The molecule has 1 aromatic carbocycles. The Kier molecular flexibility index (Phi) is 6.87. The van der Waals surface area contributed by atoms with Crippen LogP contribution in [0.2, 0.25) is 0 Å². The Morgan fingerprint density at radius 1 is 1.17 bits per heavy atom. The first kappa shape index (κ1) is 21.1. The van der Waals surface area contributed by atoms with Gasteiger partial charge in [-0.3, -0.25) is 14.6 Å². The van der Waals surface area contributed by atoms with Gasteiger partial charge in [0.25, 0.3) is 5.91 Å². The number of ether oxygens (including phenoxy) is 1. The van der Waals surface area contributed by atoms with E-state index in [1.54, 1.807) is 30.5 Å². The molecule has 0 fully saturated rings. The number of halogens is 1. The summed E-state index contributed by atoms with van der Waals surface area (Å²) in [6.07, 6.45) is 4.43. The van der Waals surface area contributed by atoms with Gasteiger partial charge in [0.05, 0.1) is 24.7 Å². The average molecular weight is 411 g/mol. The first-order chi connectivity index (χ1) is 14.5. The van der Waals surface area contributed by atoms with Gasteiger partial charge >= 0.3 is 0 Å². The van der Waals surface area contributed by atoms with Gasteiger partial charge in [0.15, 0.2) is 0 Å². The molecule has 1 amide bonds. The largest absolute Gasteiger partial charge is 0.478 e. The van der Waals surface area contributed by atoms with Crippen LogP contribution >= 0.6 is 0 Å². The maximum atomic E-state index is 13.9. The fraction of sp³-hybridized carbons (Fsp3) is 0.238. The van der Waals surface area contributed by atoms with Gasteiger partial charge in [-0.25, -0.2) is 19.8 Å². The van der Waals surface area contributed by atoms with Gasteiger partial charge in [0.1, 0.15) is 18.1 Å². The second kappa shape index (κ2) is 9.75. The number of benzene rings is 1. The van der Waals surface area contributed by atoms with E-state index in [9.17, 15) is 9.18 Å². The Labute approximate surface area is 173 Å². The van der Waals surface area contributed by atoms with Gasteiger partial charge in [-0.2, -0.15) is 0 Å². The first-order valence-electron chi connectivity index (χ1n) is 9.27. The quantitative estimate of drug-likeness (QED) is 0.570. The summed E-state index contributed by atoms with van der Waals surface area (Å²) in [6.45, 7) is 2.26. The zero-order valence-electron chi connectivity index (χ0n) is 16.9. The van der Waals surface area contributed by atoms with Gasteiger partial charge in [-0.15, -0.1) is 0 Å². The summed E-state index contributed by atoms with van der Waals surface area (Å²) < 4.78 is 19.3. The third kappa shape index (κ3) is 5.26. The van der Waals surface area contributed by atoms with Gasteiger partial charge < -0.3 is 9.64 Å². The Hall–Kier alpha value is -3.59. The lowest BCUT2D eigenvalue weighted by atomic mass is 10.2. The van der Waals surface area contributed by atoms with E-state index < -0.39 is 11.7 Å². The molecule has 156 valence electrons. The molecule has 0 aliphatic heterocycles. The topological polar surface area (TPSA) is 89.5 Å². The number of carbonyl (C=O) groups is 1. The summed E-state index contributed by atoms with van der Waals surface area (Å²) in [5.74, 6) is -0.505. The number of anilines is 1. The highest BCUT2D eigenvalue weighted by atomic mass is 19.1. The zero-order valence-corrected chi connectivity index (χ0v) is 16.9. The second-order valence-corrected chi connectivity index (χ2v) is 6.50. The molecule has 0 aliphatic rings. The van der Waals surface area contributed by atoms with Crippen LogP contribution in [0.5, 0.6) is 5.88 Å². The van der Waals surface area contributed by atoms with E-state index in [2.05, 4.69) is 20.4 Å². The molecule has 0 saturated carbocycles. The smallest absolute Gasteiger partial charge is 0.295 e. The van der Waals surface area contributed by atoms with Crippen molar-refractivity contribution in [2.24, 2.45) is 0 Å². The van der Waals surface area contributed by atoms with Crippen molar-refractivity contribution >= 4 is 11.6 Å². The number of nitrogens with zero attached hydrogens (tertiary/aromatic N) is 4. The number of pyridine rings is 1. The van der Waals surface area contributed by atoms with Gasteiger partial charge in [0, 0.05) is 43.2 Å². The van der Waals surface area contributed by atoms with Crippen molar-refractivity contribution in [1.29, 1.82) is 0 Å². The monoisotopic (exact) mass is 411 g/mol. The van der Waals surface area contributed by atoms with Gasteiger partial charge in [-0.05, 0) is 31.2 Å². The maximum Gasteiger partial charge on any atom is 0.295 e. The molecule has 3 aromatic rings. The zero-order chi connectivity index (χ0) is 21.5. The minimum absolute atomic E-state index is 0.0592. The number of carbonyl (C=O) groups excluding carboxylic acids is 1. The van der Waals surface area contributed by atoms with Crippen LogP contribution in [0.4, 0.5) is 10.1 Å². The molecule has 0 saturated heterocycles. The lowest BCUT2D eigenvalue weighted by Gasteiger charge is -2.14. The predicted molar refractivity (Wildman–Crippen MR) is 109 cm³/mol. The number of aromatic nitrogens is 3. The predicted octanol–water partition coefficient (Wildman–Crippen LogP) is 3.00. The standard InChI is InChI=1S/C21H22FN5O3/c1-4-29-20-8-5-14(10-24-20)18-11-23-12-19(25-18)21(28)26-30-13-15-9-16(27(2)3)6-7-17(15)22/h5-12H,4,13H2,1-3H3,(H,26,28). The van der Waals surface area contributed by atoms with Crippen LogP contribution in [0.3, 0.4) is 0 Å². The van der Waals surface area contributed by atoms with E-state index >= 15 is 0 Å². The number of rotatable bonds is 8. The van der Waals surface area contributed by atoms with Crippen LogP contribution in [0.1, 0.15) is 23.0 Å². The van der Waals surface area contributed by atoms with Gasteiger partial charge in [0.2, 0.25) is 5.88 Å². The number of hydrogen-bond acceptors (Lipinski definition) is 7. The van der Waals surface area contributed by atoms with E-state index in [4.69, 9.17) is 9.57 Å². The molecule has 0 unspecified atom stereocenters. The van der Waals surface area contributed by atoms with E-state index in [-0.39, 0.29) is 12.3 Å². The molecule has 1 N–H and O–H groups in total. The van der Waals surface area contributed by atoms with E-state index in [0.717, 1.165) is 5.69 Å². The molecule has 0 aliphatic carbocycles. The van der Waals surface area contributed by atoms with Crippen molar-refractivity contribution in [3.63, 3.8) is 0 Å². The van der Waals surface area contributed by atoms with Crippen molar-refractivity contribution in [2.75, 3.05) is 25.6 Å². The maximum absolute atomic E-state index is 13.9. The SMILES string of the molecule is CCOc1ccc(-c2cncc(C(=O)NOCc3cc(N(C)C)ccc3F)n2)cn1. The fourth-order valence-corrected chi connectivity index (χ4v) is 2.56. The summed E-state index contributed by atoms with van der Waals surface area (Å²) in [4.78, 5) is 31.9. The number of hydroxylamine groups is 1. The van der Waals surface area contributed by atoms with Crippen molar-refractivity contribution in [3.05, 3.63) is 66.0 Å². The molecule has 0 atom stereocenters. The highest BCUT2D eigenvalue weighted by Crippen LogP contribution is 2.19. The summed E-state index contributed by atoms with van der Waals surface area (Å²) >= 11 is 0. The van der Waals surface area contributed by atoms with Crippen molar-refractivity contribution in [1.82, 2.24) is 20.4 Å². The van der Waals surface area contributed by atoms with Crippen LogP contribution < -0.4 is 15.1 Å². The van der Waals surface area contributed by atoms with Crippen molar-refractivity contribution < 1.29 is 18.8 Å². The highest BCUT2D eigenvalue weighted by molar-refractivity contribution is 5.91. The van der Waals surface area contributed by atoms with Crippen molar-refractivity contribution in [2.45, 2.75) is 13.5 Å². The van der Waals surface area contributed by atoms with E-state index in [0.29, 0.717) is 29.3 Å². The molecule has 0 spiro atoms. The minimum Gasteiger partial charge on any atom is -0.478 e. The van der Waals surface area contributed by atoms with Crippen LogP contribution in [0, 0.1) is 5.82 Å². The number of amides is 1. The molecule has 0 radical (unpaired) electrons. The number of nitrogens with one attached hydrogen (secondary N) is 1. The van der Waals surface area contributed by atoms with Gasteiger partial charge in [-0.1, -0.05) is 0 Å². The molecule has 0 bridgehead atoms. The molecular weight excluding hydrogens is 389 g/mol.